The molecule has 0 fully saturated rings. The first kappa shape index (κ1) is 16.8. The van der Waals surface area contributed by atoms with E-state index in [9.17, 15) is 4.79 Å². The summed E-state index contributed by atoms with van der Waals surface area (Å²) in [6, 6.07) is 7.35. The molecule has 2 rings (SSSR count). The maximum absolute atomic E-state index is 12.1. The van der Waals surface area contributed by atoms with Crippen LogP contribution in [0.4, 0.5) is 5.69 Å². The summed E-state index contributed by atoms with van der Waals surface area (Å²) in [5.74, 6) is 0.776. The third-order valence-electron chi connectivity index (χ3n) is 3.20. The van der Waals surface area contributed by atoms with Crippen LogP contribution in [0.25, 0.3) is 0 Å². The topological polar surface area (TPSA) is 94.0 Å². The standard InChI is InChI=1S/C15H20N4OS2/c1-21-7-6-12(17)15-19-13(9-22-15)14(20)18-8-10-4-2-3-5-11(10)16/h2-5,9,12H,6-8,16-17H2,1H3,(H,18,20). The van der Waals surface area contributed by atoms with E-state index in [1.54, 1.807) is 17.1 Å². The van der Waals surface area contributed by atoms with Gasteiger partial charge in [0, 0.05) is 17.6 Å². The monoisotopic (exact) mass is 336 g/mol. The van der Waals surface area contributed by atoms with Crippen LogP contribution in [0.1, 0.15) is 33.5 Å². The molecule has 1 heterocycles. The summed E-state index contributed by atoms with van der Waals surface area (Å²) in [6.45, 7) is 0.386. The number of nitrogens with two attached hydrogens (primary N) is 2. The van der Waals surface area contributed by atoms with E-state index in [4.69, 9.17) is 11.5 Å². The van der Waals surface area contributed by atoms with Gasteiger partial charge in [-0.25, -0.2) is 4.98 Å². The molecule has 22 heavy (non-hydrogen) atoms. The third-order valence-corrected chi connectivity index (χ3v) is 4.82. The highest BCUT2D eigenvalue weighted by atomic mass is 32.2. The molecule has 118 valence electrons. The van der Waals surface area contributed by atoms with Crippen LogP contribution in [0.2, 0.25) is 0 Å². The van der Waals surface area contributed by atoms with Crippen LogP contribution in [-0.4, -0.2) is 22.9 Å². The molecule has 1 unspecified atom stereocenters. The zero-order valence-corrected chi connectivity index (χ0v) is 14.0. The van der Waals surface area contributed by atoms with Crippen molar-refractivity contribution in [1.29, 1.82) is 0 Å². The number of thiazole rings is 1. The predicted octanol–water partition coefficient (Wildman–Crippen LogP) is 2.41. The molecule has 0 bridgehead atoms. The minimum absolute atomic E-state index is 0.108. The second kappa shape index (κ2) is 8.17. The molecule has 0 saturated heterocycles. The number of nitrogen functional groups attached to an aromatic ring is 1. The van der Waals surface area contributed by atoms with Gasteiger partial charge in [0.25, 0.3) is 5.91 Å². The predicted molar refractivity (Wildman–Crippen MR) is 94.1 cm³/mol. The number of amides is 1. The van der Waals surface area contributed by atoms with E-state index in [-0.39, 0.29) is 11.9 Å². The fourth-order valence-corrected chi connectivity index (χ4v) is 3.22. The summed E-state index contributed by atoms with van der Waals surface area (Å²) in [7, 11) is 0. The van der Waals surface area contributed by atoms with Gasteiger partial charge in [-0.05, 0) is 30.1 Å². The van der Waals surface area contributed by atoms with Gasteiger partial charge in [-0.3, -0.25) is 4.79 Å². The molecule has 7 heteroatoms. The van der Waals surface area contributed by atoms with Gasteiger partial charge in [0.05, 0.1) is 6.04 Å². The molecule has 2 aromatic rings. The Kier molecular flexibility index (Phi) is 6.23. The molecular formula is C15H20N4OS2. The molecule has 1 amide bonds. The van der Waals surface area contributed by atoms with Crippen LogP contribution in [0, 0.1) is 0 Å². The van der Waals surface area contributed by atoms with Crippen molar-refractivity contribution < 1.29 is 4.79 Å². The number of para-hydroxylation sites is 1. The Morgan fingerprint density at radius 2 is 2.23 bits per heavy atom. The normalized spacial score (nSPS) is 12.1. The van der Waals surface area contributed by atoms with Crippen LogP contribution in [0.5, 0.6) is 0 Å². The number of rotatable bonds is 7. The molecule has 1 aromatic carbocycles. The van der Waals surface area contributed by atoms with Gasteiger partial charge in [0.15, 0.2) is 0 Å². The fraction of sp³-hybridized carbons (Fsp3) is 0.333. The van der Waals surface area contributed by atoms with Crippen LogP contribution in [0.15, 0.2) is 29.6 Å². The molecule has 0 aliphatic rings. The Hall–Kier alpha value is -1.57. The van der Waals surface area contributed by atoms with E-state index >= 15 is 0 Å². The summed E-state index contributed by atoms with van der Waals surface area (Å²) in [5, 5.41) is 5.38. The van der Waals surface area contributed by atoms with Crippen molar-refractivity contribution in [3.63, 3.8) is 0 Å². The summed E-state index contributed by atoms with van der Waals surface area (Å²) >= 11 is 3.18. The minimum Gasteiger partial charge on any atom is -0.398 e. The van der Waals surface area contributed by atoms with Gasteiger partial charge in [0.2, 0.25) is 0 Å². The van der Waals surface area contributed by atoms with Crippen LogP contribution in [-0.2, 0) is 6.54 Å². The van der Waals surface area contributed by atoms with Crippen molar-refractivity contribution in [1.82, 2.24) is 10.3 Å². The van der Waals surface area contributed by atoms with Gasteiger partial charge >= 0.3 is 0 Å². The van der Waals surface area contributed by atoms with Gasteiger partial charge < -0.3 is 16.8 Å². The number of hydrogen-bond donors (Lipinski definition) is 3. The van der Waals surface area contributed by atoms with Gasteiger partial charge in [-0.15, -0.1) is 11.3 Å². The summed E-state index contributed by atoms with van der Waals surface area (Å²) in [4.78, 5) is 16.5. The molecule has 0 saturated carbocycles. The van der Waals surface area contributed by atoms with Crippen molar-refractivity contribution in [2.45, 2.75) is 19.0 Å². The first-order valence-electron chi connectivity index (χ1n) is 6.93. The molecule has 5 nitrogen and oxygen atoms in total. The lowest BCUT2D eigenvalue weighted by Gasteiger charge is -2.07. The van der Waals surface area contributed by atoms with E-state index in [2.05, 4.69) is 10.3 Å². The lowest BCUT2D eigenvalue weighted by Crippen LogP contribution is -2.24. The fourth-order valence-electron chi connectivity index (χ4n) is 1.89. The molecular weight excluding hydrogens is 316 g/mol. The summed E-state index contributed by atoms with van der Waals surface area (Å²) in [6.07, 6.45) is 2.90. The molecule has 0 radical (unpaired) electrons. The molecule has 1 aromatic heterocycles. The number of carbonyl (C=O) groups excluding carboxylic acids is 1. The third kappa shape index (κ3) is 4.46. The van der Waals surface area contributed by atoms with E-state index in [1.807, 2.05) is 30.5 Å². The number of hydrogen-bond acceptors (Lipinski definition) is 6. The highest BCUT2D eigenvalue weighted by Gasteiger charge is 2.15. The average Bonchev–Trinajstić information content (AvgIpc) is 3.01. The summed E-state index contributed by atoms with van der Waals surface area (Å²) in [5.41, 5.74) is 13.9. The van der Waals surface area contributed by atoms with Crippen LogP contribution < -0.4 is 16.8 Å². The second-order valence-corrected chi connectivity index (χ2v) is 6.72. The van der Waals surface area contributed by atoms with Crippen molar-refractivity contribution >= 4 is 34.7 Å². The Bertz CT molecular complexity index is 630. The van der Waals surface area contributed by atoms with Crippen molar-refractivity contribution in [2.24, 2.45) is 5.73 Å². The van der Waals surface area contributed by atoms with Crippen molar-refractivity contribution in [3.8, 4) is 0 Å². The lowest BCUT2D eigenvalue weighted by molar-refractivity contribution is 0.0946. The number of carbonyl (C=O) groups is 1. The minimum atomic E-state index is -0.206. The second-order valence-electron chi connectivity index (χ2n) is 4.84. The quantitative estimate of drug-likeness (QED) is 0.675. The van der Waals surface area contributed by atoms with E-state index in [1.165, 1.54) is 11.3 Å². The molecule has 0 spiro atoms. The molecule has 1 atom stereocenters. The Morgan fingerprint density at radius 3 is 2.95 bits per heavy atom. The number of nitrogens with one attached hydrogen (secondary N) is 1. The zero-order chi connectivity index (χ0) is 15.9. The number of nitrogens with zero attached hydrogens (tertiary/aromatic N) is 1. The van der Waals surface area contributed by atoms with Gasteiger partial charge in [-0.2, -0.15) is 11.8 Å². The maximum atomic E-state index is 12.1. The van der Waals surface area contributed by atoms with Gasteiger partial charge in [-0.1, -0.05) is 18.2 Å². The SMILES string of the molecule is CSCCC(N)c1nc(C(=O)NCc2ccccc2N)cs1. The van der Waals surface area contributed by atoms with E-state index in [0.717, 1.165) is 22.7 Å². The van der Waals surface area contributed by atoms with Crippen molar-refractivity contribution in [2.75, 3.05) is 17.7 Å². The van der Waals surface area contributed by atoms with Crippen LogP contribution in [0.3, 0.4) is 0 Å². The lowest BCUT2D eigenvalue weighted by atomic mass is 10.2. The number of thioether (sulfide) groups is 1. The molecule has 5 N–H and O–H groups in total. The first-order chi connectivity index (χ1) is 10.6. The van der Waals surface area contributed by atoms with Gasteiger partial charge in [0.1, 0.15) is 10.7 Å². The van der Waals surface area contributed by atoms with Crippen LogP contribution >= 0.6 is 23.1 Å². The zero-order valence-electron chi connectivity index (χ0n) is 12.4. The molecule has 0 aliphatic carbocycles. The van der Waals surface area contributed by atoms with Crippen molar-refractivity contribution in [3.05, 3.63) is 45.9 Å². The first-order valence-corrected chi connectivity index (χ1v) is 9.20. The number of benzene rings is 1. The Morgan fingerprint density at radius 1 is 1.45 bits per heavy atom. The highest BCUT2D eigenvalue weighted by Crippen LogP contribution is 2.20. The average molecular weight is 336 g/mol. The molecule has 0 aliphatic heterocycles. The Balaban J connectivity index is 1.93. The number of anilines is 1. The smallest absolute Gasteiger partial charge is 0.271 e. The highest BCUT2D eigenvalue weighted by molar-refractivity contribution is 7.98. The van der Waals surface area contributed by atoms with E-state index < -0.39 is 0 Å². The Labute approximate surface area is 138 Å². The maximum Gasteiger partial charge on any atom is 0.271 e. The summed E-state index contributed by atoms with van der Waals surface area (Å²) < 4.78 is 0. The van der Waals surface area contributed by atoms with E-state index in [0.29, 0.717) is 17.9 Å². The largest absolute Gasteiger partial charge is 0.398 e. The number of aromatic nitrogens is 1.